The summed E-state index contributed by atoms with van der Waals surface area (Å²) in [6.07, 6.45) is 1.45. The monoisotopic (exact) mass is 341 g/mol. The average Bonchev–Trinajstić information content (AvgIpc) is 2.96. The lowest BCUT2D eigenvalue weighted by molar-refractivity contribution is 0.0632. The van der Waals surface area contributed by atoms with Gasteiger partial charge in [-0.25, -0.2) is 4.98 Å². The van der Waals surface area contributed by atoms with Crippen molar-refractivity contribution in [3.8, 4) is 11.5 Å². The second-order valence-electron chi connectivity index (χ2n) is 6.21. The summed E-state index contributed by atoms with van der Waals surface area (Å²) in [5.41, 5.74) is 0.408. The third kappa shape index (κ3) is 3.08. The van der Waals surface area contributed by atoms with Crippen LogP contribution in [0, 0.1) is 0 Å². The number of hydrogen-bond acceptors (Lipinski definition) is 6. The van der Waals surface area contributed by atoms with Crippen LogP contribution < -0.4 is 15.0 Å². The largest absolute Gasteiger partial charge is 0.486 e. The number of likely N-dealkylation sites (N-methyl/N-ethyl adjacent to an activating group) is 1. The number of aromatic amines is 1. The minimum absolute atomic E-state index is 0.0768. The first kappa shape index (κ1) is 15.6. The molecular weight excluding hydrogens is 322 g/mol. The highest BCUT2D eigenvalue weighted by Crippen LogP contribution is 2.30. The van der Waals surface area contributed by atoms with Crippen molar-refractivity contribution in [2.45, 2.75) is 12.6 Å². The van der Waals surface area contributed by atoms with E-state index in [2.05, 4.69) is 15.1 Å². The summed E-state index contributed by atoms with van der Waals surface area (Å²) in [4.78, 5) is 21.5. The minimum Gasteiger partial charge on any atom is -0.486 e. The van der Waals surface area contributed by atoms with Crippen LogP contribution in [0.3, 0.4) is 0 Å². The maximum absolute atomic E-state index is 12.1. The van der Waals surface area contributed by atoms with E-state index in [1.807, 2.05) is 36.2 Å². The number of ether oxygens (including phenoxy) is 2. The SMILES string of the molecule is CN(Cc1nc2c(cnn2C)c(=O)[nH]1)C[C@H]1COc2ccccc2O1. The molecule has 0 aliphatic carbocycles. The molecule has 0 saturated carbocycles. The van der Waals surface area contributed by atoms with Gasteiger partial charge in [-0.1, -0.05) is 12.1 Å². The Morgan fingerprint density at radius 3 is 3.00 bits per heavy atom. The number of para-hydroxylation sites is 2. The van der Waals surface area contributed by atoms with Gasteiger partial charge in [0.2, 0.25) is 0 Å². The Morgan fingerprint density at radius 2 is 2.16 bits per heavy atom. The van der Waals surface area contributed by atoms with Crippen LogP contribution in [0.2, 0.25) is 0 Å². The summed E-state index contributed by atoms with van der Waals surface area (Å²) in [6, 6.07) is 7.64. The fourth-order valence-electron chi connectivity index (χ4n) is 2.97. The molecule has 1 aliphatic heterocycles. The van der Waals surface area contributed by atoms with E-state index in [-0.39, 0.29) is 11.7 Å². The summed E-state index contributed by atoms with van der Waals surface area (Å²) in [5.74, 6) is 2.13. The van der Waals surface area contributed by atoms with Crippen molar-refractivity contribution in [3.05, 3.63) is 46.6 Å². The second-order valence-corrected chi connectivity index (χ2v) is 6.21. The van der Waals surface area contributed by atoms with Crippen LogP contribution in [0.4, 0.5) is 0 Å². The third-order valence-corrected chi connectivity index (χ3v) is 4.15. The fourth-order valence-corrected chi connectivity index (χ4v) is 2.97. The van der Waals surface area contributed by atoms with Gasteiger partial charge in [0.25, 0.3) is 5.56 Å². The van der Waals surface area contributed by atoms with E-state index < -0.39 is 0 Å². The van der Waals surface area contributed by atoms with E-state index in [0.29, 0.717) is 36.6 Å². The zero-order valence-electron chi connectivity index (χ0n) is 14.1. The first-order valence-corrected chi connectivity index (χ1v) is 8.08. The van der Waals surface area contributed by atoms with Gasteiger partial charge in [-0.05, 0) is 19.2 Å². The Labute approximate surface area is 144 Å². The molecule has 8 nitrogen and oxygen atoms in total. The first-order valence-electron chi connectivity index (χ1n) is 8.08. The number of nitrogens with one attached hydrogen (secondary N) is 1. The van der Waals surface area contributed by atoms with Crippen molar-refractivity contribution in [1.29, 1.82) is 0 Å². The quantitative estimate of drug-likeness (QED) is 0.760. The second kappa shape index (κ2) is 6.21. The van der Waals surface area contributed by atoms with E-state index in [0.717, 1.165) is 11.5 Å². The van der Waals surface area contributed by atoms with E-state index in [9.17, 15) is 4.79 Å². The van der Waals surface area contributed by atoms with Crippen molar-refractivity contribution in [2.75, 3.05) is 20.2 Å². The Balaban J connectivity index is 1.45. The predicted molar refractivity (Wildman–Crippen MR) is 91.8 cm³/mol. The van der Waals surface area contributed by atoms with Crippen molar-refractivity contribution < 1.29 is 9.47 Å². The predicted octanol–water partition coefficient (Wildman–Crippen LogP) is 0.928. The van der Waals surface area contributed by atoms with Gasteiger partial charge in [-0.15, -0.1) is 0 Å². The molecular formula is C17H19N5O3. The molecule has 3 aromatic rings. The highest BCUT2D eigenvalue weighted by atomic mass is 16.6. The zero-order chi connectivity index (χ0) is 17.4. The van der Waals surface area contributed by atoms with Gasteiger partial charge in [0.05, 0.1) is 12.7 Å². The molecule has 1 N–H and O–H groups in total. The van der Waals surface area contributed by atoms with Gasteiger partial charge in [0.15, 0.2) is 17.1 Å². The van der Waals surface area contributed by atoms with E-state index in [1.54, 1.807) is 11.7 Å². The Kier molecular flexibility index (Phi) is 3.89. The lowest BCUT2D eigenvalue weighted by Gasteiger charge is -2.29. The Morgan fingerprint density at radius 1 is 1.36 bits per heavy atom. The molecule has 0 bridgehead atoms. The van der Waals surface area contributed by atoms with Crippen LogP contribution >= 0.6 is 0 Å². The van der Waals surface area contributed by atoms with Crippen LogP contribution in [-0.2, 0) is 13.6 Å². The number of hydrogen-bond donors (Lipinski definition) is 1. The van der Waals surface area contributed by atoms with Gasteiger partial charge in [-0.3, -0.25) is 14.4 Å². The topological polar surface area (TPSA) is 85.3 Å². The summed E-state index contributed by atoms with van der Waals surface area (Å²) < 4.78 is 13.3. The summed E-state index contributed by atoms with van der Waals surface area (Å²) >= 11 is 0. The number of nitrogens with zero attached hydrogens (tertiary/aromatic N) is 4. The maximum Gasteiger partial charge on any atom is 0.262 e. The number of aryl methyl sites for hydroxylation is 1. The Bertz CT molecular complexity index is 964. The molecule has 8 heteroatoms. The van der Waals surface area contributed by atoms with Gasteiger partial charge >= 0.3 is 0 Å². The standard InChI is InChI=1S/C17H19N5O3/c1-21(8-11-10-24-13-5-3-4-6-14(13)25-11)9-15-19-16-12(17(23)20-15)7-18-22(16)2/h3-7,11H,8-10H2,1-2H3,(H,19,20,23)/t11-/m0/s1. The highest BCUT2D eigenvalue weighted by molar-refractivity contribution is 5.72. The van der Waals surface area contributed by atoms with Crippen LogP contribution in [-0.4, -0.2) is 51.0 Å². The van der Waals surface area contributed by atoms with Crippen molar-refractivity contribution in [2.24, 2.45) is 7.05 Å². The Hall–Kier alpha value is -2.87. The van der Waals surface area contributed by atoms with Crippen molar-refractivity contribution in [1.82, 2.24) is 24.6 Å². The molecule has 1 aliphatic rings. The van der Waals surface area contributed by atoms with Gasteiger partial charge in [-0.2, -0.15) is 5.10 Å². The molecule has 0 saturated heterocycles. The summed E-state index contributed by atoms with van der Waals surface area (Å²) in [5, 5.41) is 4.57. The van der Waals surface area contributed by atoms with Gasteiger partial charge in [0.1, 0.15) is 23.9 Å². The van der Waals surface area contributed by atoms with Crippen LogP contribution in [0.15, 0.2) is 35.3 Å². The molecule has 1 aromatic carbocycles. The molecule has 2 aromatic heterocycles. The van der Waals surface area contributed by atoms with Gasteiger partial charge in [0, 0.05) is 13.6 Å². The van der Waals surface area contributed by atoms with Crippen molar-refractivity contribution in [3.63, 3.8) is 0 Å². The number of rotatable bonds is 4. The molecule has 0 spiro atoms. The summed E-state index contributed by atoms with van der Waals surface area (Å²) in [7, 11) is 3.73. The molecule has 130 valence electrons. The van der Waals surface area contributed by atoms with Crippen LogP contribution in [0.5, 0.6) is 11.5 Å². The molecule has 1 atom stereocenters. The van der Waals surface area contributed by atoms with Gasteiger partial charge < -0.3 is 14.5 Å². The highest BCUT2D eigenvalue weighted by Gasteiger charge is 2.22. The maximum atomic E-state index is 12.1. The smallest absolute Gasteiger partial charge is 0.262 e. The molecule has 0 fully saturated rings. The number of benzene rings is 1. The molecule has 3 heterocycles. The van der Waals surface area contributed by atoms with E-state index in [4.69, 9.17) is 9.47 Å². The zero-order valence-corrected chi connectivity index (χ0v) is 14.1. The minimum atomic E-state index is -0.173. The van der Waals surface area contributed by atoms with Crippen LogP contribution in [0.25, 0.3) is 11.0 Å². The lowest BCUT2D eigenvalue weighted by atomic mass is 10.2. The van der Waals surface area contributed by atoms with E-state index >= 15 is 0 Å². The summed E-state index contributed by atoms with van der Waals surface area (Å²) in [6.45, 7) is 1.64. The van der Waals surface area contributed by atoms with E-state index in [1.165, 1.54) is 6.20 Å². The lowest BCUT2D eigenvalue weighted by Crippen LogP contribution is -2.39. The average molecular weight is 341 g/mol. The third-order valence-electron chi connectivity index (χ3n) is 4.15. The number of fused-ring (bicyclic) bond motifs is 2. The molecule has 0 amide bonds. The number of H-pyrrole nitrogens is 1. The van der Waals surface area contributed by atoms with Crippen molar-refractivity contribution >= 4 is 11.0 Å². The fraction of sp³-hybridized carbons (Fsp3) is 0.353. The first-order chi connectivity index (χ1) is 12.1. The molecule has 0 radical (unpaired) electrons. The van der Waals surface area contributed by atoms with Crippen LogP contribution in [0.1, 0.15) is 5.82 Å². The number of aromatic nitrogens is 4. The normalized spacial score (nSPS) is 16.5. The molecule has 0 unspecified atom stereocenters. The molecule has 25 heavy (non-hydrogen) atoms. The molecule has 4 rings (SSSR count).